The number of nitrogens with one attached hydrogen (secondary N) is 2. The van der Waals surface area contributed by atoms with Crippen molar-refractivity contribution in [2.75, 3.05) is 17.7 Å². The van der Waals surface area contributed by atoms with Gasteiger partial charge in [-0.2, -0.15) is 0 Å². The van der Waals surface area contributed by atoms with Gasteiger partial charge in [-0.15, -0.1) is 0 Å². The zero-order chi connectivity index (χ0) is 26.5. The van der Waals surface area contributed by atoms with E-state index in [0.717, 1.165) is 41.3 Å². The van der Waals surface area contributed by atoms with Crippen LogP contribution in [0, 0.1) is 13.8 Å². The Bertz CT molecular complexity index is 1560. The lowest BCUT2D eigenvalue weighted by Crippen LogP contribution is -2.18. The molecule has 0 aromatic heterocycles. The molecule has 0 heterocycles. The van der Waals surface area contributed by atoms with Gasteiger partial charge in [-0.1, -0.05) is 66.7 Å². The summed E-state index contributed by atoms with van der Waals surface area (Å²) in [7, 11) is 2.11. The molecule has 4 heteroatoms. The van der Waals surface area contributed by atoms with Gasteiger partial charge in [-0.25, -0.2) is 0 Å². The average Bonchev–Trinajstić information content (AvgIpc) is 2.91. The van der Waals surface area contributed by atoms with Crippen molar-refractivity contribution >= 4 is 33.7 Å². The van der Waals surface area contributed by atoms with Gasteiger partial charge in [-0.3, -0.25) is 9.69 Å². The first-order valence-corrected chi connectivity index (χ1v) is 12.9. The highest BCUT2D eigenvalue weighted by Crippen LogP contribution is 2.26. The summed E-state index contributed by atoms with van der Waals surface area (Å²) in [6.45, 7) is 5.81. The maximum Gasteiger partial charge on any atom is 0.255 e. The Labute approximate surface area is 224 Å². The van der Waals surface area contributed by atoms with Gasteiger partial charge in [0.25, 0.3) is 5.91 Å². The predicted molar refractivity (Wildman–Crippen MR) is 159 cm³/mol. The minimum absolute atomic E-state index is 0.115. The van der Waals surface area contributed by atoms with Gasteiger partial charge in [-0.05, 0) is 96.4 Å². The molecule has 0 fully saturated rings. The second-order valence-corrected chi connectivity index (χ2v) is 9.98. The maximum atomic E-state index is 13.1. The maximum absolute atomic E-state index is 13.1. The van der Waals surface area contributed by atoms with E-state index in [1.807, 2.05) is 37.3 Å². The van der Waals surface area contributed by atoms with E-state index in [4.69, 9.17) is 0 Å². The van der Waals surface area contributed by atoms with Crippen LogP contribution in [0.5, 0.6) is 0 Å². The summed E-state index contributed by atoms with van der Waals surface area (Å²) < 4.78 is 0. The first-order chi connectivity index (χ1) is 18.4. The smallest absolute Gasteiger partial charge is 0.255 e. The molecule has 0 bridgehead atoms. The van der Waals surface area contributed by atoms with E-state index in [9.17, 15) is 4.79 Å². The fourth-order valence-corrected chi connectivity index (χ4v) is 4.81. The molecule has 0 aliphatic carbocycles. The van der Waals surface area contributed by atoms with Gasteiger partial charge in [0, 0.05) is 35.7 Å². The van der Waals surface area contributed by atoms with Crippen molar-refractivity contribution in [1.29, 1.82) is 0 Å². The molecule has 4 nitrogen and oxygen atoms in total. The Hall–Kier alpha value is -4.41. The van der Waals surface area contributed by atoms with Crippen LogP contribution in [-0.2, 0) is 13.1 Å². The van der Waals surface area contributed by atoms with Crippen molar-refractivity contribution in [2.24, 2.45) is 0 Å². The Balaban J connectivity index is 1.23. The van der Waals surface area contributed by atoms with Crippen molar-refractivity contribution in [3.8, 4) is 0 Å². The fraction of sp³-hybridized carbons (Fsp3) is 0.147. The minimum atomic E-state index is -0.115. The average molecular weight is 500 g/mol. The number of benzene rings is 5. The predicted octanol–water partition coefficient (Wildman–Crippen LogP) is 8.08. The monoisotopic (exact) mass is 499 g/mol. The van der Waals surface area contributed by atoms with Gasteiger partial charge in [0.2, 0.25) is 0 Å². The number of nitrogens with zero attached hydrogens (tertiary/aromatic N) is 1. The first kappa shape index (κ1) is 25.2. The molecule has 0 spiro atoms. The van der Waals surface area contributed by atoms with Crippen LogP contribution in [0.15, 0.2) is 109 Å². The van der Waals surface area contributed by atoms with Crippen molar-refractivity contribution in [1.82, 2.24) is 4.90 Å². The Morgan fingerprint density at radius 1 is 0.684 bits per heavy atom. The molecule has 0 aliphatic rings. The number of rotatable bonds is 8. The lowest BCUT2D eigenvalue weighted by molar-refractivity contribution is 0.102. The second-order valence-electron chi connectivity index (χ2n) is 9.98. The van der Waals surface area contributed by atoms with Crippen molar-refractivity contribution in [3.63, 3.8) is 0 Å². The normalized spacial score (nSPS) is 11.1. The Morgan fingerprint density at radius 3 is 2.18 bits per heavy atom. The lowest BCUT2D eigenvalue weighted by Gasteiger charge is -2.18. The van der Waals surface area contributed by atoms with Gasteiger partial charge < -0.3 is 10.6 Å². The SMILES string of the molecule is Cc1ccc(CN(C)Cc2ccccc2)cc1NC(=O)c1ccc(Nc2cc(C)c3ccccc3c2)cc1. The highest BCUT2D eigenvalue weighted by molar-refractivity contribution is 6.05. The van der Waals surface area contributed by atoms with Crippen molar-refractivity contribution in [3.05, 3.63) is 137 Å². The summed E-state index contributed by atoms with van der Waals surface area (Å²) >= 11 is 0. The quantitative estimate of drug-likeness (QED) is 0.227. The summed E-state index contributed by atoms with van der Waals surface area (Å²) in [5.74, 6) is -0.115. The van der Waals surface area contributed by atoms with Crippen LogP contribution in [-0.4, -0.2) is 17.9 Å². The third-order valence-corrected chi connectivity index (χ3v) is 6.80. The highest BCUT2D eigenvalue weighted by atomic mass is 16.1. The zero-order valence-corrected chi connectivity index (χ0v) is 22.2. The molecule has 5 rings (SSSR count). The highest BCUT2D eigenvalue weighted by Gasteiger charge is 2.10. The first-order valence-electron chi connectivity index (χ1n) is 12.9. The molecule has 0 radical (unpaired) electrons. The van der Waals surface area contributed by atoms with E-state index in [-0.39, 0.29) is 5.91 Å². The molecule has 0 saturated carbocycles. The number of carbonyl (C=O) groups is 1. The number of aryl methyl sites for hydroxylation is 2. The molecule has 5 aromatic rings. The molecular formula is C34H33N3O. The van der Waals surface area contributed by atoms with E-state index in [2.05, 4.69) is 108 Å². The minimum Gasteiger partial charge on any atom is -0.356 e. The van der Waals surface area contributed by atoms with Gasteiger partial charge >= 0.3 is 0 Å². The third-order valence-electron chi connectivity index (χ3n) is 6.80. The molecule has 190 valence electrons. The van der Waals surface area contributed by atoms with Crippen LogP contribution in [0.25, 0.3) is 10.8 Å². The van der Waals surface area contributed by atoms with Crippen LogP contribution in [0.2, 0.25) is 0 Å². The summed E-state index contributed by atoms with van der Waals surface area (Å²) in [5.41, 5.74) is 8.15. The fourth-order valence-electron chi connectivity index (χ4n) is 4.81. The number of carbonyl (C=O) groups excluding carboxylic acids is 1. The van der Waals surface area contributed by atoms with E-state index >= 15 is 0 Å². The van der Waals surface area contributed by atoms with E-state index in [0.29, 0.717) is 5.56 Å². The number of amides is 1. The number of fused-ring (bicyclic) bond motifs is 1. The van der Waals surface area contributed by atoms with Crippen LogP contribution >= 0.6 is 0 Å². The molecule has 38 heavy (non-hydrogen) atoms. The number of anilines is 3. The zero-order valence-electron chi connectivity index (χ0n) is 22.2. The van der Waals surface area contributed by atoms with Crippen LogP contribution < -0.4 is 10.6 Å². The van der Waals surface area contributed by atoms with Gasteiger partial charge in [0.05, 0.1) is 0 Å². The van der Waals surface area contributed by atoms with E-state index in [1.54, 1.807) is 0 Å². The molecule has 0 unspecified atom stereocenters. The molecule has 0 aliphatic heterocycles. The second kappa shape index (κ2) is 11.3. The summed E-state index contributed by atoms with van der Waals surface area (Å²) in [5, 5.41) is 9.04. The van der Waals surface area contributed by atoms with Crippen LogP contribution in [0.3, 0.4) is 0 Å². The van der Waals surface area contributed by atoms with E-state index < -0.39 is 0 Å². The molecule has 5 aromatic carbocycles. The largest absolute Gasteiger partial charge is 0.356 e. The lowest BCUT2D eigenvalue weighted by atomic mass is 10.0. The Morgan fingerprint density at radius 2 is 1.39 bits per heavy atom. The standard InChI is InChI=1S/C34H33N3O/c1-24-13-14-27(23-37(3)22-26-9-5-4-6-10-26)20-33(24)36-34(38)28-15-17-30(18-16-28)35-31-19-25(2)32-12-8-7-11-29(32)21-31/h4-21,35H,22-23H2,1-3H3,(H,36,38). The van der Waals surface area contributed by atoms with Crippen LogP contribution in [0.1, 0.15) is 32.6 Å². The molecule has 0 saturated heterocycles. The van der Waals surface area contributed by atoms with Gasteiger partial charge in [0.15, 0.2) is 0 Å². The summed E-state index contributed by atoms with van der Waals surface area (Å²) in [6, 6.07) is 37.0. The summed E-state index contributed by atoms with van der Waals surface area (Å²) in [6.07, 6.45) is 0. The number of hydrogen-bond acceptors (Lipinski definition) is 3. The van der Waals surface area contributed by atoms with Crippen molar-refractivity contribution in [2.45, 2.75) is 26.9 Å². The van der Waals surface area contributed by atoms with E-state index in [1.165, 1.54) is 21.9 Å². The Kier molecular flexibility index (Phi) is 7.52. The van der Waals surface area contributed by atoms with Gasteiger partial charge in [0.1, 0.15) is 0 Å². The summed E-state index contributed by atoms with van der Waals surface area (Å²) in [4.78, 5) is 15.3. The van der Waals surface area contributed by atoms with Crippen LogP contribution in [0.4, 0.5) is 17.1 Å². The third kappa shape index (κ3) is 6.10. The molecular weight excluding hydrogens is 466 g/mol. The topological polar surface area (TPSA) is 44.4 Å². The van der Waals surface area contributed by atoms with Crippen molar-refractivity contribution < 1.29 is 4.79 Å². The molecule has 0 atom stereocenters. The molecule has 2 N–H and O–H groups in total. The number of hydrogen-bond donors (Lipinski definition) is 2. The molecule has 1 amide bonds.